The highest BCUT2D eigenvalue weighted by atomic mass is 16.3. The minimum absolute atomic E-state index is 0.503. The molecular formula is C13H22N2O. The van der Waals surface area contributed by atoms with E-state index in [4.69, 9.17) is 10.2 Å². The van der Waals surface area contributed by atoms with Gasteiger partial charge in [0, 0.05) is 6.04 Å². The minimum Gasteiger partial charge on any atom is -0.463 e. The number of furan rings is 1. The van der Waals surface area contributed by atoms with Crippen LogP contribution in [0.25, 0.3) is 0 Å². The van der Waals surface area contributed by atoms with Gasteiger partial charge in [-0.2, -0.15) is 0 Å². The van der Waals surface area contributed by atoms with E-state index < -0.39 is 0 Å². The number of hydrogen-bond acceptors (Lipinski definition) is 3. The lowest BCUT2D eigenvalue weighted by molar-refractivity contribution is 0.232. The van der Waals surface area contributed by atoms with Gasteiger partial charge in [0.15, 0.2) is 0 Å². The summed E-state index contributed by atoms with van der Waals surface area (Å²) in [7, 11) is 0. The van der Waals surface area contributed by atoms with Gasteiger partial charge >= 0.3 is 0 Å². The van der Waals surface area contributed by atoms with E-state index in [2.05, 4.69) is 24.8 Å². The van der Waals surface area contributed by atoms with Crippen molar-refractivity contribution < 1.29 is 4.42 Å². The third-order valence-corrected chi connectivity index (χ3v) is 3.19. The standard InChI is InChI=1S/C13H22N2O/c1-3-6-15(11-4-5-11)9-12-7-10(2)13(8-14)16-12/h7,11H,3-6,8-9,14H2,1-2H3. The zero-order chi connectivity index (χ0) is 11.5. The largest absolute Gasteiger partial charge is 0.463 e. The summed E-state index contributed by atoms with van der Waals surface area (Å²) in [6, 6.07) is 2.93. The molecule has 3 nitrogen and oxygen atoms in total. The highest BCUT2D eigenvalue weighted by Gasteiger charge is 2.28. The van der Waals surface area contributed by atoms with E-state index in [-0.39, 0.29) is 0 Å². The van der Waals surface area contributed by atoms with Gasteiger partial charge in [0.25, 0.3) is 0 Å². The maximum absolute atomic E-state index is 5.75. The molecule has 2 rings (SSSR count). The molecule has 1 fully saturated rings. The number of aryl methyl sites for hydroxylation is 1. The van der Waals surface area contributed by atoms with Crippen LogP contribution in [0.15, 0.2) is 10.5 Å². The van der Waals surface area contributed by atoms with Crippen LogP contribution < -0.4 is 5.73 Å². The van der Waals surface area contributed by atoms with E-state index in [0.29, 0.717) is 6.54 Å². The summed E-state index contributed by atoms with van der Waals surface area (Å²) in [6.45, 7) is 6.91. The molecule has 1 aromatic heterocycles. The first-order valence-corrected chi connectivity index (χ1v) is 6.27. The van der Waals surface area contributed by atoms with Gasteiger partial charge < -0.3 is 10.2 Å². The molecule has 90 valence electrons. The molecule has 0 aromatic carbocycles. The molecule has 0 spiro atoms. The Morgan fingerprint density at radius 2 is 2.25 bits per heavy atom. The van der Waals surface area contributed by atoms with Crippen LogP contribution in [0.4, 0.5) is 0 Å². The Labute approximate surface area is 97.6 Å². The third kappa shape index (κ3) is 2.66. The van der Waals surface area contributed by atoms with Crippen LogP contribution in [0, 0.1) is 6.92 Å². The Morgan fingerprint density at radius 3 is 2.75 bits per heavy atom. The zero-order valence-corrected chi connectivity index (χ0v) is 10.3. The molecular weight excluding hydrogens is 200 g/mol. The van der Waals surface area contributed by atoms with Crippen LogP contribution in [-0.4, -0.2) is 17.5 Å². The van der Waals surface area contributed by atoms with Crippen LogP contribution in [0.3, 0.4) is 0 Å². The second-order valence-electron chi connectivity index (χ2n) is 4.72. The summed E-state index contributed by atoms with van der Waals surface area (Å²) < 4.78 is 5.75. The van der Waals surface area contributed by atoms with Gasteiger partial charge in [-0.3, -0.25) is 4.90 Å². The van der Waals surface area contributed by atoms with Gasteiger partial charge in [-0.15, -0.1) is 0 Å². The molecule has 0 bridgehead atoms. The highest BCUT2D eigenvalue weighted by molar-refractivity contribution is 5.20. The van der Waals surface area contributed by atoms with E-state index in [9.17, 15) is 0 Å². The Hall–Kier alpha value is -0.800. The van der Waals surface area contributed by atoms with Gasteiger partial charge in [-0.05, 0) is 44.4 Å². The van der Waals surface area contributed by atoms with Crippen LogP contribution in [0.5, 0.6) is 0 Å². The van der Waals surface area contributed by atoms with Crippen molar-refractivity contribution in [2.75, 3.05) is 6.54 Å². The van der Waals surface area contributed by atoms with Crippen LogP contribution >= 0.6 is 0 Å². The number of nitrogens with two attached hydrogens (primary N) is 1. The van der Waals surface area contributed by atoms with Crippen molar-refractivity contribution in [3.8, 4) is 0 Å². The summed E-state index contributed by atoms with van der Waals surface area (Å²) >= 11 is 0. The van der Waals surface area contributed by atoms with E-state index in [0.717, 1.165) is 24.1 Å². The molecule has 0 amide bonds. The normalized spacial score (nSPS) is 16.0. The van der Waals surface area contributed by atoms with Gasteiger partial charge in [0.2, 0.25) is 0 Å². The second kappa shape index (κ2) is 5.02. The predicted octanol–water partition coefficient (Wildman–Crippen LogP) is 2.42. The molecule has 1 aromatic rings. The lowest BCUT2D eigenvalue weighted by Gasteiger charge is -2.19. The van der Waals surface area contributed by atoms with Crippen LogP contribution in [0.2, 0.25) is 0 Å². The first kappa shape index (κ1) is 11.7. The van der Waals surface area contributed by atoms with Crippen LogP contribution in [-0.2, 0) is 13.1 Å². The predicted molar refractivity (Wildman–Crippen MR) is 65.1 cm³/mol. The molecule has 3 heteroatoms. The quantitative estimate of drug-likeness (QED) is 0.803. The monoisotopic (exact) mass is 222 g/mol. The molecule has 2 N–H and O–H groups in total. The summed E-state index contributed by atoms with van der Waals surface area (Å²) in [6.07, 6.45) is 3.91. The highest BCUT2D eigenvalue weighted by Crippen LogP contribution is 2.29. The average Bonchev–Trinajstić information content (AvgIpc) is 3.03. The lowest BCUT2D eigenvalue weighted by Crippen LogP contribution is -2.26. The molecule has 0 atom stereocenters. The van der Waals surface area contributed by atoms with Crippen molar-refractivity contribution in [1.29, 1.82) is 0 Å². The minimum atomic E-state index is 0.503. The van der Waals surface area contributed by atoms with Gasteiger partial charge in [0.05, 0.1) is 13.1 Å². The summed E-state index contributed by atoms with van der Waals surface area (Å²) in [5.74, 6) is 2.00. The van der Waals surface area contributed by atoms with E-state index in [1.165, 1.54) is 31.4 Å². The smallest absolute Gasteiger partial charge is 0.120 e. The van der Waals surface area contributed by atoms with Crippen molar-refractivity contribution in [3.63, 3.8) is 0 Å². The Balaban J connectivity index is 2.00. The SMILES string of the molecule is CCCN(Cc1cc(C)c(CN)o1)C1CC1. The summed E-state index contributed by atoms with van der Waals surface area (Å²) in [4.78, 5) is 2.53. The van der Waals surface area contributed by atoms with Crippen molar-refractivity contribution in [1.82, 2.24) is 4.90 Å². The Kier molecular flexibility index (Phi) is 3.66. The van der Waals surface area contributed by atoms with Gasteiger partial charge in [0.1, 0.15) is 11.5 Å². The maximum Gasteiger partial charge on any atom is 0.120 e. The lowest BCUT2D eigenvalue weighted by atomic mass is 10.2. The van der Waals surface area contributed by atoms with E-state index >= 15 is 0 Å². The van der Waals surface area contributed by atoms with Gasteiger partial charge in [-0.1, -0.05) is 6.92 Å². The zero-order valence-electron chi connectivity index (χ0n) is 10.3. The molecule has 1 saturated carbocycles. The van der Waals surface area contributed by atoms with Crippen molar-refractivity contribution in [2.45, 2.75) is 52.2 Å². The Bertz CT molecular complexity index is 342. The molecule has 0 radical (unpaired) electrons. The average molecular weight is 222 g/mol. The van der Waals surface area contributed by atoms with E-state index in [1.807, 2.05) is 0 Å². The van der Waals surface area contributed by atoms with Crippen molar-refractivity contribution >= 4 is 0 Å². The number of nitrogens with zero attached hydrogens (tertiary/aromatic N) is 1. The molecule has 0 unspecified atom stereocenters. The molecule has 1 aliphatic carbocycles. The third-order valence-electron chi connectivity index (χ3n) is 3.19. The molecule has 0 aliphatic heterocycles. The van der Waals surface area contributed by atoms with Crippen molar-refractivity contribution in [3.05, 3.63) is 23.2 Å². The molecule has 1 heterocycles. The molecule has 16 heavy (non-hydrogen) atoms. The number of rotatable bonds is 6. The van der Waals surface area contributed by atoms with Gasteiger partial charge in [-0.25, -0.2) is 0 Å². The number of hydrogen-bond donors (Lipinski definition) is 1. The fourth-order valence-corrected chi connectivity index (χ4v) is 2.19. The summed E-state index contributed by atoms with van der Waals surface area (Å²) in [5.41, 5.74) is 6.80. The second-order valence-corrected chi connectivity index (χ2v) is 4.72. The van der Waals surface area contributed by atoms with Crippen LogP contribution in [0.1, 0.15) is 43.3 Å². The maximum atomic E-state index is 5.75. The first-order chi connectivity index (χ1) is 7.74. The Morgan fingerprint density at radius 1 is 1.50 bits per heavy atom. The molecule has 0 saturated heterocycles. The fraction of sp³-hybridized carbons (Fsp3) is 0.692. The topological polar surface area (TPSA) is 42.4 Å². The van der Waals surface area contributed by atoms with Crippen molar-refractivity contribution in [2.24, 2.45) is 5.73 Å². The first-order valence-electron chi connectivity index (χ1n) is 6.27. The van der Waals surface area contributed by atoms with E-state index in [1.54, 1.807) is 0 Å². The molecule has 1 aliphatic rings. The fourth-order valence-electron chi connectivity index (χ4n) is 2.19. The summed E-state index contributed by atoms with van der Waals surface area (Å²) in [5, 5.41) is 0.